The highest BCUT2D eigenvalue weighted by molar-refractivity contribution is 5.85. The SMILES string of the molecule is CCOC(=O)Nc1cnc(N2CCCC(CCCN(C=O)C3CCCCC3)C2)c(OC)c1. The van der Waals surface area contributed by atoms with Crippen LogP contribution in [0.4, 0.5) is 16.3 Å². The van der Waals surface area contributed by atoms with Gasteiger partial charge < -0.3 is 19.3 Å². The van der Waals surface area contributed by atoms with Gasteiger partial charge in [0.1, 0.15) is 0 Å². The minimum Gasteiger partial charge on any atom is -0.493 e. The fraction of sp³-hybridized carbons (Fsp3) is 0.708. The standard InChI is InChI=1S/C24H38N4O4/c1-3-32-24(30)26-20-15-22(31-2)23(25-16-20)27-13-7-9-19(17-27)10-8-14-28(18-29)21-11-5-4-6-12-21/h15-16,18-19,21H,3-14,17H2,1-2H3,(H,26,30). The molecular weight excluding hydrogens is 408 g/mol. The molecule has 2 fully saturated rings. The summed E-state index contributed by atoms with van der Waals surface area (Å²) >= 11 is 0. The van der Waals surface area contributed by atoms with Gasteiger partial charge in [0.2, 0.25) is 6.41 Å². The lowest BCUT2D eigenvalue weighted by molar-refractivity contribution is -0.120. The van der Waals surface area contributed by atoms with Gasteiger partial charge in [0.25, 0.3) is 0 Å². The van der Waals surface area contributed by atoms with Crippen LogP contribution in [0.2, 0.25) is 0 Å². The molecule has 1 aromatic heterocycles. The number of nitrogens with zero attached hydrogens (tertiary/aromatic N) is 3. The number of hydrogen-bond donors (Lipinski definition) is 1. The van der Waals surface area contributed by atoms with Crippen LogP contribution in [0.15, 0.2) is 12.3 Å². The molecule has 0 spiro atoms. The van der Waals surface area contributed by atoms with E-state index in [1.54, 1.807) is 26.3 Å². The van der Waals surface area contributed by atoms with Crippen molar-refractivity contribution in [1.82, 2.24) is 9.88 Å². The fourth-order valence-electron chi connectivity index (χ4n) is 4.97. The number of nitrogens with one attached hydrogen (secondary N) is 1. The minimum atomic E-state index is -0.500. The lowest BCUT2D eigenvalue weighted by Gasteiger charge is -2.35. The largest absolute Gasteiger partial charge is 0.493 e. The molecule has 3 rings (SSSR count). The Labute approximate surface area is 191 Å². The Morgan fingerprint density at radius 2 is 2.09 bits per heavy atom. The van der Waals surface area contributed by atoms with E-state index in [1.165, 1.54) is 25.7 Å². The number of anilines is 2. The molecule has 1 N–H and O–H groups in total. The zero-order valence-electron chi connectivity index (χ0n) is 19.6. The molecule has 1 aliphatic heterocycles. The van der Waals surface area contributed by atoms with Crippen molar-refractivity contribution in [2.24, 2.45) is 5.92 Å². The molecule has 8 heteroatoms. The molecule has 1 unspecified atom stereocenters. The van der Waals surface area contributed by atoms with Crippen molar-refractivity contribution in [3.8, 4) is 5.75 Å². The maximum Gasteiger partial charge on any atom is 0.411 e. The predicted octanol–water partition coefficient (Wildman–Crippen LogP) is 4.45. The summed E-state index contributed by atoms with van der Waals surface area (Å²) in [6.45, 7) is 4.81. The zero-order chi connectivity index (χ0) is 22.8. The molecular formula is C24H38N4O4. The number of piperidine rings is 1. The Kier molecular flexibility index (Phi) is 9.43. The summed E-state index contributed by atoms with van der Waals surface area (Å²) in [5, 5.41) is 2.67. The first-order valence-corrected chi connectivity index (χ1v) is 12.1. The Balaban J connectivity index is 1.53. The minimum absolute atomic E-state index is 0.314. The van der Waals surface area contributed by atoms with Gasteiger partial charge >= 0.3 is 6.09 Å². The van der Waals surface area contributed by atoms with Crippen molar-refractivity contribution in [2.45, 2.75) is 70.8 Å². The second-order valence-corrected chi connectivity index (χ2v) is 8.83. The van der Waals surface area contributed by atoms with E-state index in [9.17, 15) is 9.59 Å². The molecule has 0 aromatic carbocycles. The third kappa shape index (κ3) is 6.74. The predicted molar refractivity (Wildman–Crippen MR) is 125 cm³/mol. The van der Waals surface area contributed by atoms with E-state index in [2.05, 4.69) is 15.2 Å². The quantitative estimate of drug-likeness (QED) is 0.535. The van der Waals surface area contributed by atoms with Crippen LogP contribution < -0.4 is 15.0 Å². The zero-order valence-corrected chi connectivity index (χ0v) is 19.6. The first-order chi connectivity index (χ1) is 15.6. The lowest BCUT2D eigenvalue weighted by Crippen LogP contribution is -2.38. The molecule has 1 saturated heterocycles. The van der Waals surface area contributed by atoms with Crippen LogP contribution in [-0.4, -0.2) is 61.8 Å². The van der Waals surface area contributed by atoms with Crippen molar-refractivity contribution >= 4 is 24.0 Å². The number of pyridine rings is 1. The van der Waals surface area contributed by atoms with Crippen LogP contribution >= 0.6 is 0 Å². The molecule has 8 nitrogen and oxygen atoms in total. The van der Waals surface area contributed by atoms with Crippen LogP contribution in [0.1, 0.15) is 64.7 Å². The monoisotopic (exact) mass is 446 g/mol. The van der Waals surface area contributed by atoms with Gasteiger partial charge in [-0.2, -0.15) is 0 Å². The number of carbonyl (C=O) groups is 2. The Bertz CT molecular complexity index is 739. The van der Waals surface area contributed by atoms with Crippen molar-refractivity contribution in [1.29, 1.82) is 0 Å². The number of aromatic nitrogens is 1. The van der Waals surface area contributed by atoms with E-state index in [0.29, 0.717) is 30.0 Å². The van der Waals surface area contributed by atoms with E-state index in [4.69, 9.17) is 9.47 Å². The first-order valence-electron chi connectivity index (χ1n) is 12.1. The molecule has 1 saturated carbocycles. The number of methoxy groups -OCH3 is 1. The molecule has 2 amide bonds. The van der Waals surface area contributed by atoms with Gasteiger partial charge in [-0.1, -0.05) is 19.3 Å². The summed E-state index contributed by atoms with van der Waals surface area (Å²) < 4.78 is 10.5. The number of amides is 2. The highest BCUT2D eigenvalue weighted by Crippen LogP contribution is 2.33. The number of carbonyl (C=O) groups excluding carboxylic acids is 2. The second-order valence-electron chi connectivity index (χ2n) is 8.83. The van der Waals surface area contributed by atoms with Crippen LogP contribution in [0.3, 0.4) is 0 Å². The summed E-state index contributed by atoms with van der Waals surface area (Å²) in [6.07, 6.45) is 12.8. The average Bonchev–Trinajstić information content (AvgIpc) is 2.82. The molecule has 1 atom stereocenters. The summed E-state index contributed by atoms with van der Waals surface area (Å²) in [4.78, 5) is 32.2. The average molecular weight is 447 g/mol. The molecule has 178 valence electrons. The van der Waals surface area contributed by atoms with Gasteiger partial charge in [-0.05, 0) is 51.4 Å². The molecule has 32 heavy (non-hydrogen) atoms. The molecule has 0 radical (unpaired) electrons. The molecule has 1 aliphatic carbocycles. The Morgan fingerprint density at radius 3 is 2.81 bits per heavy atom. The maximum absolute atomic E-state index is 11.7. The molecule has 1 aromatic rings. The normalized spacial score (nSPS) is 19.3. The number of ether oxygens (including phenoxy) is 2. The van der Waals surface area contributed by atoms with Crippen LogP contribution in [-0.2, 0) is 9.53 Å². The molecule has 2 heterocycles. The summed E-state index contributed by atoms with van der Waals surface area (Å²) in [6, 6.07) is 2.23. The van der Waals surface area contributed by atoms with Crippen LogP contribution in [0, 0.1) is 5.92 Å². The third-order valence-corrected chi connectivity index (χ3v) is 6.60. The van der Waals surface area contributed by atoms with Crippen molar-refractivity contribution in [3.05, 3.63) is 12.3 Å². The Hall–Kier alpha value is -2.51. The highest BCUT2D eigenvalue weighted by Gasteiger charge is 2.25. The van der Waals surface area contributed by atoms with Crippen molar-refractivity contribution < 1.29 is 19.1 Å². The van der Waals surface area contributed by atoms with Gasteiger partial charge in [0.05, 0.1) is 25.6 Å². The van der Waals surface area contributed by atoms with Crippen molar-refractivity contribution in [3.63, 3.8) is 0 Å². The first kappa shape index (κ1) is 24.1. The van der Waals surface area contributed by atoms with E-state index < -0.39 is 6.09 Å². The number of hydrogen-bond acceptors (Lipinski definition) is 6. The summed E-state index contributed by atoms with van der Waals surface area (Å²) in [5.74, 6) is 2.03. The van der Waals surface area contributed by atoms with E-state index in [1.807, 2.05) is 4.90 Å². The molecule has 0 bridgehead atoms. The van der Waals surface area contributed by atoms with E-state index >= 15 is 0 Å². The van der Waals surface area contributed by atoms with Gasteiger partial charge in [0.15, 0.2) is 11.6 Å². The third-order valence-electron chi connectivity index (χ3n) is 6.60. The van der Waals surface area contributed by atoms with Crippen LogP contribution in [0.25, 0.3) is 0 Å². The summed E-state index contributed by atoms with van der Waals surface area (Å²) in [5.41, 5.74) is 0.550. The van der Waals surface area contributed by atoms with Gasteiger partial charge in [-0.25, -0.2) is 9.78 Å². The van der Waals surface area contributed by atoms with E-state index in [0.717, 1.165) is 64.0 Å². The topological polar surface area (TPSA) is 84.0 Å². The van der Waals surface area contributed by atoms with Gasteiger partial charge in [-0.3, -0.25) is 10.1 Å². The van der Waals surface area contributed by atoms with Gasteiger partial charge in [0, 0.05) is 31.7 Å². The van der Waals surface area contributed by atoms with Gasteiger partial charge in [-0.15, -0.1) is 0 Å². The van der Waals surface area contributed by atoms with Crippen LogP contribution in [0.5, 0.6) is 5.75 Å². The number of rotatable bonds is 10. The molecule has 2 aliphatic rings. The highest BCUT2D eigenvalue weighted by atomic mass is 16.5. The lowest BCUT2D eigenvalue weighted by atomic mass is 9.92. The van der Waals surface area contributed by atoms with E-state index in [-0.39, 0.29) is 0 Å². The smallest absolute Gasteiger partial charge is 0.411 e. The fourth-order valence-corrected chi connectivity index (χ4v) is 4.97. The summed E-state index contributed by atoms with van der Waals surface area (Å²) in [7, 11) is 1.62. The van der Waals surface area contributed by atoms with Crippen molar-refractivity contribution in [2.75, 3.05) is 43.6 Å². The Morgan fingerprint density at radius 1 is 1.28 bits per heavy atom. The second kappa shape index (κ2) is 12.5. The maximum atomic E-state index is 11.7.